The van der Waals surface area contributed by atoms with Crippen molar-refractivity contribution >= 4 is 21.9 Å². The molecule has 6 heteroatoms. The van der Waals surface area contributed by atoms with E-state index in [0.717, 1.165) is 18.2 Å². The third kappa shape index (κ3) is 4.14. The number of halogens is 3. The predicted octanol–water partition coefficient (Wildman–Crippen LogP) is 3.14. The second-order valence-electron chi connectivity index (χ2n) is 3.22. The Balaban J connectivity index is 2.85. The largest absolute Gasteiger partial charge is 0.481 e. The van der Waals surface area contributed by atoms with Crippen molar-refractivity contribution < 1.29 is 23.4 Å². The van der Waals surface area contributed by atoms with Crippen molar-refractivity contribution in [1.29, 1.82) is 0 Å². The van der Waals surface area contributed by atoms with E-state index >= 15 is 0 Å². The summed E-state index contributed by atoms with van der Waals surface area (Å²) in [7, 11) is 0. The second kappa shape index (κ2) is 5.77. The van der Waals surface area contributed by atoms with Crippen LogP contribution < -0.4 is 4.74 Å². The van der Waals surface area contributed by atoms with Crippen LogP contribution in [0.4, 0.5) is 8.78 Å². The minimum absolute atomic E-state index is 0.258. The summed E-state index contributed by atoms with van der Waals surface area (Å²) in [4.78, 5) is 10.2. The van der Waals surface area contributed by atoms with E-state index in [1.165, 1.54) is 13.0 Å². The smallest absolute Gasteiger partial charge is 0.328 e. The SMILES string of the molecule is C[C@@H](C=CC(=O)O)Oc1c(F)cc(Br)cc1F. The van der Waals surface area contributed by atoms with Crippen LogP contribution in [0.15, 0.2) is 28.8 Å². The number of carboxylic acid groups (broad SMARTS) is 1. The lowest BCUT2D eigenvalue weighted by atomic mass is 10.3. The Morgan fingerprint density at radius 3 is 2.47 bits per heavy atom. The van der Waals surface area contributed by atoms with Gasteiger partial charge < -0.3 is 9.84 Å². The monoisotopic (exact) mass is 306 g/mol. The number of benzene rings is 1. The third-order valence-electron chi connectivity index (χ3n) is 1.78. The number of hydrogen-bond acceptors (Lipinski definition) is 2. The lowest BCUT2D eigenvalue weighted by Crippen LogP contribution is -2.11. The minimum atomic E-state index is -1.16. The van der Waals surface area contributed by atoms with Gasteiger partial charge in [0.05, 0.1) is 0 Å². The van der Waals surface area contributed by atoms with Crippen molar-refractivity contribution in [3.05, 3.63) is 40.4 Å². The van der Waals surface area contributed by atoms with Gasteiger partial charge in [0.1, 0.15) is 6.10 Å². The van der Waals surface area contributed by atoms with Gasteiger partial charge >= 0.3 is 5.97 Å². The molecule has 1 rings (SSSR count). The van der Waals surface area contributed by atoms with E-state index in [0.29, 0.717) is 0 Å². The molecule has 3 nitrogen and oxygen atoms in total. The Hall–Kier alpha value is -1.43. The van der Waals surface area contributed by atoms with E-state index in [1.54, 1.807) is 0 Å². The summed E-state index contributed by atoms with van der Waals surface area (Å²) in [6.07, 6.45) is 1.28. The molecule has 0 spiro atoms. The Morgan fingerprint density at radius 1 is 1.47 bits per heavy atom. The first-order chi connectivity index (χ1) is 7.90. The zero-order chi connectivity index (χ0) is 13.0. The summed E-state index contributed by atoms with van der Waals surface area (Å²) >= 11 is 2.94. The van der Waals surface area contributed by atoms with Crippen LogP contribution in [0.2, 0.25) is 0 Å². The van der Waals surface area contributed by atoms with Gasteiger partial charge in [0, 0.05) is 10.5 Å². The molecule has 0 aliphatic heterocycles. The molecule has 0 saturated heterocycles. The van der Waals surface area contributed by atoms with Crippen molar-refractivity contribution in [3.63, 3.8) is 0 Å². The van der Waals surface area contributed by atoms with Gasteiger partial charge in [0.15, 0.2) is 17.4 Å². The van der Waals surface area contributed by atoms with Crippen LogP contribution in [-0.2, 0) is 4.79 Å². The fraction of sp³-hybridized carbons (Fsp3) is 0.182. The van der Waals surface area contributed by atoms with E-state index in [1.807, 2.05) is 0 Å². The van der Waals surface area contributed by atoms with Crippen LogP contribution in [0.5, 0.6) is 5.75 Å². The Labute approximate surface area is 105 Å². The standard InChI is InChI=1S/C11H9BrF2O3/c1-6(2-3-10(15)16)17-11-8(13)4-7(12)5-9(11)14/h2-6H,1H3,(H,15,16)/t6-/m0/s1. The van der Waals surface area contributed by atoms with Gasteiger partial charge in [0.2, 0.25) is 0 Å². The average molecular weight is 307 g/mol. The van der Waals surface area contributed by atoms with E-state index < -0.39 is 29.5 Å². The normalized spacial score (nSPS) is 12.7. The third-order valence-corrected chi connectivity index (χ3v) is 2.23. The number of ether oxygens (including phenoxy) is 1. The lowest BCUT2D eigenvalue weighted by Gasteiger charge is -2.12. The first-order valence-electron chi connectivity index (χ1n) is 4.62. The molecule has 0 amide bonds. The van der Waals surface area contributed by atoms with Gasteiger partial charge in [-0.2, -0.15) is 0 Å². The fourth-order valence-corrected chi connectivity index (χ4v) is 1.49. The summed E-state index contributed by atoms with van der Waals surface area (Å²) in [6.45, 7) is 1.47. The number of rotatable bonds is 4. The molecule has 0 radical (unpaired) electrons. The molecule has 0 unspecified atom stereocenters. The highest BCUT2D eigenvalue weighted by Gasteiger charge is 2.13. The van der Waals surface area contributed by atoms with Crippen molar-refractivity contribution in [2.75, 3.05) is 0 Å². The van der Waals surface area contributed by atoms with Crippen molar-refractivity contribution in [2.24, 2.45) is 0 Å². The molecule has 1 aromatic carbocycles. The maximum Gasteiger partial charge on any atom is 0.328 e. The predicted molar refractivity (Wildman–Crippen MR) is 60.9 cm³/mol. The van der Waals surface area contributed by atoms with Gasteiger partial charge in [-0.1, -0.05) is 15.9 Å². The number of carboxylic acids is 1. The fourth-order valence-electron chi connectivity index (χ4n) is 1.08. The van der Waals surface area contributed by atoms with Crippen LogP contribution in [0.3, 0.4) is 0 Å². The number of aliphatic carboxylic acids is 1. The summed E-state index contributed by atoms with van der Waals surface area (Å²) in [5.74, 6) is -3.40. The molecule has 17 heavy (non-hydrogen) atoms. The highest BCUT2D eigenvalue weighted by molar-refractivity contribution is 9.10. The molecule has 0 bridgehead atoms. The van der Waals surface area contributed by atoms with E-state index in [4.69, 9.17) is 9.84 Å². The highest BCUT2D eigenvalue weighted by atomic mass is 79.9. The molecule has 1 N–H and O–H groups in total. The van der Waals surface area contributed by atoms with Crippen LogP contribution in [-0.4, -0.2) is 17.2 Å². The van der Waals surface area contributed by atoms with Crippen molar-refractivity contribution in [2.45, 2.75) is 13.0 Å². The van der Waals surface area contributed by atoms with Gasteiger partial charge in [-0.15, -0.1) is 0 Å². The molecule has 0 fully saturated rings. The zero-order valence-corrected chi connectivity index (χ0v) is 10.4. The van der Waals surface area contributed by atoms with Crippen LogP contribution in [0.25, 0.3) is 0 Å². The number of hydrogen-bond donors (Lipinski definition) is 1. The first kappa shape index (κ1) is 13.6. The average Bonchev–Trinajstić information content (AvgIpc) is 2.20. The van der Waals surface area contributed by atoms with Crippen LogP contribution in [0, 0.1) is 11.6 Å². The molecule has 92 valence electrons. The quantitative estimate of drug-likeness (QED) is 0.869. The lowest BCUT2D eigenvalue weighted by molar-refractivity contribution is -0.131. The Kier molecular flexibility index (Phi) is 4.62. The van der Waals surface area contributed by atoms with Crippen LogP contribution >= 0.6 is 15.9 Å². The van der Waals surface area contributed by atoms with Gasteiger partial charge in [0.25, 0.3) is 0 Å². The molecular formula is C11H9BrF2O3. The maximum atomic E-state index is 13.3. The number of carbonyl (C=O) groups is 1. The Bertz CT molecular complexity index is 437. The van der Waals surface area contributed by atoms with Crippen molar-refractivity contribution in [3.8, 4) is 5.75 Å². The summed E-state index contributed by atoms with van der Waals surface area (Å²) < 4.78 is 31.9. The first-order valence-corrected chi connectivity index (χ1v) is 5.41. The molecule has 0 aromatic heterocycles. The Morgan fingerprint density at radius 2 is 2.00 bits per heavy atom. The van der Waals surface area contributed by atoms with E-state index in [-0.39, 0.29) is 4.47 Å². The van der Waals surface area contributed by atoms with Gasteiger partial charge in [-0.3, -0.25) is 0 Å². The molecule has 0 aliphatic carbocycles. The zero-order valence-electron chi connectivity index (χ0n) is 8.78. The van der Waals surface area contributed by atoms with Gasteiger partial charge in [-0.05, 0) is 25.1 Å². The van der Waals surface area contributed by atoms with Crippen molar-refractivity contribution in [1.82, 2.24) is 0 Å². The molecule has 1 atom stereocenters. The summed E-state index contributed by atoms with van der Waals surface area (Å²) in [5.41, 5.74) is 0. The molecule has 1 aromatic rings. The summed E-state index contributed by atoms with van der Waals surface area (Å²) in [6, 6.07) is 2.12. The summed E-state index contributed by atoms with van der Waals surface area (Å²) in [5, 5.41) is 8.38. The topological polar surface area (TPSA) is 46.5 Å². The highest BCUT2D eigenvalue weighted by Crippen LogP contribution is 2.26. The van der Waals surface area contributed by atoms with Gasteiger partial charge in [-0.25, -0.2) is 13.6 Å². The van der Waals surface area contributed by atoms with E-state index in [9.17, 15) is 13.6 Å². The van der Waals surface area contributed by atoms with Crippen LogP contribution in [0.1, 0.15) is 6.92 Å². The van der Waals surface area contributed by atoms with E-state index in [2.05, 4.69) is 15.9 Å². The maximum absolute atomic E-state index is 13.3. The molecular weight excluding hydrogens is 298 g/mol. The molecule has 0 saturated carbocycles. The molecule has 0 aliphatic rings. The second-order valence-corrected chi connectivity index (χ2v) is 4.13. The molecule has 0 heterocycles. The minimum Gasteiger partial charge on any atom is -0.481 e.